The second kappa shape index (κ2) is 6.31. The summed E-state index contributed by atoms with van der Waals surface area (Å²) in [6.07, 6.45) is -4.75. The van der Waals surface area contributed by atoms with Crippen LogP contribution in [0.25, 0.3) is 0 Å². The van der Waals surface area contributed by atoms with Gasteiger partial charge in [0.25, 0.3) is 6.43 Å². The average Bonchev–Trinajstić information content (AvgIpc) is 2.30. The lowest BCUT2D eigenvalue weighted by molar-refractivity contribution is -0.387. The van der Waals surface area contributed by atoms with Gasteiger partial charge in [0.15, 0.2) is 0 Å². The largest absolute Gasteiger partial charge is 0.386 e. The van der Waals surface area contributed by atoms with Crippen LogP contribution in [-0.4, -0.2) is 29.1 Å². The SMILES string of the molecule is O=[N+]([O-])c1cccc(CNCC(O)C(F)F)c1F. The molecule has 0 saturated carbocycles. The Bertz CT molecular complexity index is 429. The Hall–Kier alpha value is -1.67. The average molecular weight is 264 g/mol. The molecule has 1 rings (SSSR count). The zero-order chi connectivity index (χ0) is 13.7. The number of hydrogen-bond acceptors (Lipinski definition) is 4. The Kier molecular flexibility index (Phi) is 5.05. The zero-order valence-electron chi connectivity index (χ0n) is 9.15. The molecule has 5 nitrogen and oxygen atoms in total. The summed E-state index contributed by atoms with van der Waals surface area (Å²) >= 11 is 0. The minimum Gasteiger partial charge on any atom is -0.386 e. The van der Waals surface area contributed by atoms with Crippen LogP contribution in [0.1, 0.15) is 5.56 Å². The van der Waals surface area contributed by atoms with Crippen molar-refractivity contribution in [1.29, 1.82) is 0 Å². The number of aliphatic hydroxyl groups excluding tert-OH is 1. The van der Waals surface area contributed by atoms with E-state index < -0.39 is 35.5 Å². The molecule has 8 heteroatoms. The fourth-order valence-corrected chi connectivity index (χ4v) is 1.29. The molecular weight excluding hydrogens is 253 g/mol. The van der Waals surface area contributed by atoms with E-state index in [0.717, 1.165) is 6.07 Å². The summed E-state index contributed by atoms with van der Waals surface area (Å²) < 4.78 is 37.4. The van der Waals surface area contributed by atoms with Gasteiger partial charge in [-0.05, 0) is 0 Å². The molecule has 0 aromatic heterocycles. The Morgan fingerprint density at radius 3 is 2.67 bits per heavy atom. The Labute approximate surface area is 100 Å². The molecule has 0 spiro atoms. The van der Waals surface area contributed by atoms with Crippen LogP contribution < -0.4 is 5.32 Å². The molecule has 0 fully saturated rings. The van der Waals surface area contributed by atoms with E-state index in [1.165, 1.54) is 12.1 Å². The number of alkyl halides is 2. The fourth-order valence-electron chi connectivity index (χ4n) is 1.29. The summed E-state index contributed by atoms with van der Waals surface area (Å²) in [4.78, 5) is 9.58. The smallest absolute Gasteiger partial charge is 0.305 e. The van der Waals surface area contributed by atoms with E-state index in [0.29, 0.717) is 0 Å². The van der Waals surface area contributed by atoms with Crippen molar-refractivity contribution >= 4 is 5.69 Å². The van der Waals surface area contributed by atoms with Crippen LogP contribution in [0.5, 0.6) is 0 Å². The summed E-state index contributed by atoms with van der Waals surface area (Å²) in [6, 6.07) is 3.60. The van der Waals surface area contributed by atoms with Crippen LogP contribution in [0, 0.1) is 15.9 Å². The molecule has 0 aliphatic heterocycles. The first kappa shape index (κ1) is 14.4. The second-order valence-corrected chi connectivity index (χ2v) is 3.54. The maximum absolute atomic E-state index is 13.5. The van der Waals surface area contributed by atoms with Crippen molar-refractivity contribution in [2.24, 2.45) is 0 Å². The van der Waals surface area contributed by atoms with Crippen molar-refractivity contribution in [3.8, 4) is 0 Å². The van der Waals surface area contributed by atoms with E-state index in [2.05, 4.69) is 5.32 Å². The lowest BCUT2D eigenvalue weighted by Crippen LogP contribution is -2.31. The Balaban J connectivity index is 2.63. The normalized spacial score (nSPS) is 12.7. The fraction of sp³-hybridized carbons (Fsp3) is 0.400. The lowest BCUT2D eigenvalue weighted by atomic mass is 10.2. The maximum Gasteiger partial charge on any atom is 0.305 e. The molecule has 0 radical (unpaired) electrons. The number of nitrogens with zero attached hydrogens (tertiary/aromatic N) is 1. The molecule has 0 amide bonds. The first-order chi connectivity index (χ1) is 8.43. The predicted octanol–water partition coefficient (Wildman–Crippen LogP) is 1.45. The highest BCUT2D eigenvalue weighted by atomic mass is 19.3. The van der Waals surface area contributed by atoms with Crippen molar-refractivity contribution in [3.63, 3.8) is 0 Å². The van der Waals surface area contributed by atoms with Gasteiger partial charge in [-0.25, -0.2) is 8.78 Å². The monoisotopic (exact) mass is 264 g/mol. The van der Waals surface area contributed by atoms with Gasteiger partial charge in [0.2, 0.25) is 5.82 Å². The summed E-state index contributed by atoms with van der Waals surface area (Å²) in [5.41, 5.74) is -0.700. The van der Waals surface area contributed by atoms with Gasteiger partial charge in [-0.2, -0.15) is 4.39 Å². The highest BCUT2D eigenvalue weighted by molar-refractivity contribution is 5.36. The second-order valence-electron chi connectivity index (χ2n) is 3.54. The van der Waals surface area contributed by atoms with Crippen LogP contribution in [-0.2, 0) is 6.54 Å². The van der Waals surface area contributed by atoms with Crippen molar-refractivity contribution in [3.05, 3.63) is 39.7 Å². The molecule has 1 aromatic carbocycles. The molecule has 18 heavy (non-hydrogen) atoms. The van der Waals surface area contributed by atoms with Crippen LogP contribution in [0.2, 0.25) is 0 Å². The third-order valence-electron chi connectivity index (χ3n) is 2.21. The molecule has 100 valence electrons. The van der Waals surface area contributed by atoms with Gasteiger partial charge in [-0.15, -0.1) is 0 Å². The number of nitro groups is 1. The molecule has 1 aromatic rings. The number of halogens is 3. The van der Waals surface area contributed by atoms with Crippen molar-refractivity contribution in [2.75, 3.05) is 6.54 Å². The minimum atomic E-state index is -2.90. The molecule has 0 heterocycles. The van der Waals surface area contributed by atoms with Gasteiger partial charge < -0.3 is 10.4 Å². The van der Waals surface area contributed by atoms with Crippen LogP contribution >= 0.6 is 0 Å². The molecule has 0 bridgehead atoms. The van der Waals surface area contributed by atoms with Crippen molar-refractivity contribution < 1.29 is 23.2 Å². The summed E-state index contributed by atoms with van der Waals surface area (Å²) in [5.74, 6) is -1.01. The number of rotatable bonds is 6. The number of hydrogen-bond donors (Lipinski definition) is 2. The number of aliphatic hydroxyl groups is 1. The minimum absolute atomic E-state index is 0.0225. The van der Waals surface area contributed by atoms with Crippen LogP contribution in [0.15, 0.2) is 18.2 Å². The number of benzene rings is 1. The third-order valence-corrected chi connectivity index (χ3v) is 2.21. The molecule has 0 saturated heterocycles. The standard InChI is InChI=1S/C10H11F3N2O3/c11-9-6(2-1-3-7(9)15(17)18)4-14-5-8(16)10(12)13/h1-3,8,10,14,16H,4-5H2. The molecular formula is C10H11F3N2O3. The molecule has 1 unspecified atom stereocenters. The Morgan fingerprint density at radius 1 is 1.44 bits per heavy atom. The van der Waals surface area contributed by atoms with E-state index in [1.807, 2.05) is 0 Å². The van der Waals surface area contributed by atoms with Gasteiger partial charge >= 0.3 is 5.69 Å². The van der Waals surface area contributed by atoms with Crippen LogP contribution in [0.4, 0.5) is 18.9 Å². The predicted molar refractivity (Wildman–Crippen MR) is 56.8 cm³/mol. The molecule has 2 N–H and O–H groups in total. The first-order valence-corrected chi connectivity index (χ1v) is 5.02. The summed E-state index contributed by atoms with van der Waals surface area (Å²) in [6.45, 7) is -0.614. The van der Waals surface area contributed by atoms with E-state index in [1.54, 1.807) is 0 Å². The van der Waals surface area contributed by atoms with E-state index in [4.69, 9.17) is 5.11 Å². The van der Waals surface area contributed by atoms with Crippen molar-refractivity contribution in [1.82, 2.24) is 5.32 Å². The van der Waals surface area contributed by atoms with Crippen molar-refractivity contribution in [2.45, 2.75) is 19.1 Å². The Morgan fingerprint density at radius 2 is 2.11 bits per heavy atom. The van der Waals surface area contributed by atoms with Gasteiger partial charge in [0.05, 0.1) is 4.92 Å². The molecule has 1 atom stereocenters. The maximum atomic E-state index is 13.5. The zero-order valence-corrected chi connectivity index (χ0v) is 9.15. The van der Waals surface area contributed by atoms with Gasteiger partial charge in [0.1, 0.15) is 6.10 Å². The molecule has 0 aliphatic rings. The summed E-state index contributed by atoms with van der Waals surface area (Å²) in [7, 11) is 0. The quantitative estimate of drug-likeness (QED) is 0.602. The third kappa shape index (κ3) is 3.67. The highest BCUT2D eigenvalue weighted by Crippen LogP contribution is 2.19. The molecule has 0 aliphatic carbocycles. The highest BCUT2D eigenvalue weighted by Gasteiger charge is 2.18. The number of nitrogens with one attached hydrogen (secondary N) is 1. The van der Waals surface area contributed by atoms with E-state index in [-0.39, 0.29) is 12.1 Å². The van der Waals surface area contributed by atoms with Gasteiger partial charge in [-0.1, -0.05) is 12.1 Å². The number of nitro benzene ring substituents is 1. The van der Waals surface area contributed by atoms with E-state index >= 15 is 0 Å². The van der Waals surface area contributed by atoms with Gasteiger partial charge in [0, 0.05) is 24.7 Å². The first-order valence-electron chi connectivity index (χ1n) is 5.02. The van der Waals surface area contributed by atoms with Gasteiger partial charge in [-0.3, -0.25) is 10.1 Å². The topological polar surface area (TPSA) is 75.4 Å². The van der Waals surface area contributed by atoms with Crippen LogP contribution in [0.3, 0.4) is 0 Å². The van der Waals surface area contributed by atoms with E-state index in [9.17, 15) is 23.3 Å². The lowest BCUT2D eigenvalue weighted by Gasteiger charge is -2.10. The summed E-state index contributed by atoms with van der Waals surface area (Å²) in [5, 5.41) is 21.7.